The zero-order valence-electron chi connectivity index (χ0n) is 23.7. The molecule has 1 aliphatic rings. The number of sulfone groups is 1. The molecule has 4 rings (SSSR count). The molecule has 1 unspecified atom stereocenters. The van der Waals surface area contributed by atoms with Gasteiger partial charge in [-0.25, -0.2) is 17.6 Å². The van der Waals surface area contributed by atoms with Crippen molar-refractivity contribution < 1.29 is 36.2 Å². The molecule has 2 atom stereocenters. The number of fused-ring (bicyclic) bond motifs is 1. The van der Waals surface area contributed by atoms with Crippen molar-refractivity contribution in [2.75, 3.05) is 11.5 Å². The topological polar surface area (TPSA) is 108 Å². The summed E-state index contributed by atoms with van der Waals surface area (Å²) >= 11 is 0. The van der Waals surface area contributed by atoms with Crippen LogP contribution in [0.4, 0.5) is 13.2 Å². The molecule has 1 fully saturated rings. The number of hydrogen-bond donors (Lipinski definition) is 1. The highest BCUT2D eigenvalue weighted by Gasteiger charge is 2.40. The van der Waals surface area contributed by atoms with Crippen molar-refractivity contribution in [3.8, 4) is 11.4 Å². The standard InChI is InChI=1S/C29H35F3N2O6S/c1-18(30)29(31,32)40-22-8-6-7-21(16-22)34-23-10-9-20(15-24(23)33(26(34)36)19(2)27(3,4)37)25(35)17-28(5)11-13-41(38,39)14-12-28/h6-10,15-16,18-19,37H,11-14,17H2,1-5H3/t18?,19-/m0/s1. The normalized spacial score (nSPS) is 18.7. The Labute approximate surface area is 236 Å². The molecule has 224 valence electrons. The van der Waals surface area contributed by atoms with Gasteiger partial charge in [-0.1, -0.05) is 13.0 Å². The Morgan fingerprint density at radius 3 is 2.32 bits per heavy atom. The van der Waals surface area contributed by atoms with E-state index in [4.69, 9.17) is 0 Å². The molecule has 0 spiro atoms. The molecular formula is C29H35F3N2O6S. The molecule has 0 aliphatic carbocycles. The first-order chi connectivity index (χ1) is 18.8. The number of ketones is 1. The van der Waals surface area contributed by atoms with Crippen LogP contribution < -0.4 is 10.4 Å². The number of Topliss-reactive ketones (excluding diaryl/α,β-unsaturated/α-hetero) is 1. The summed E-state index contributed by atoms with van der Waals surface area (Å²) in [6, 6.07) is 9.22. The van der Waals surface area contributed by atoms with Gasteiger partial charge >= 0.3 is 11.8 Å². The van der Waals surface area contributed by atoms with Crippen LogP contribution in [0, 0.1) is 5.41 Å². The van der Waals surface area contributed by atoms with E-state index in [2.05, 4.69) is 4.74 Å². The maximum absolute atomic E-state index is 13.9. The minimum absolute atomic E-state index is 0.0280. The van der Waals surface area contributed by atoms with Gasteiger partial charge in [0.1, 0.15) is 15.6 Å². The molecule has 2 heterocycles. The van der Waals surface area contributed by atoms with Gasteiger partial charge in [-0.2, -0.15) is 8.78 Å². The van der Waals surface area contributed by atoms with Crippen molar-refractivity contribution in [2.45, 2.75) is 77.8 Å². The second-order valence-electron chi connectivity index (χ2n) is 11.9. The minimum atomic E-state index is -4.08. The highest BCUT2D eigenvalue weighted by Crippen LogP contribution is 2.37. The van der Waals surface area contributed by atoms with E-state index in [1.165, 1.54) is 47.2 Å². The fourth-order valence-electron chi connectivity index (χ4n) is 4.95. The van der Waals surface area contributed by atoms with Gasteiger partial charge in [0.25, 0.3) is 0 Å². The van der Waals surface area contributed by atoms with E-state index in [1.54, 1.807) is 25.1 Å². The van der Waals surface area contributed by atoms with Gasteiger partial charge in [0.15, 0.2) is 5.78 Å². The molecule has 0 saturated carbocycles. The molecule has 0 radical (unpaired) electrons. The van der Waals surface area contributed by atoms with Crippen LogP contribution in [0.2, 0.25) is 0 Å². The predicted octanol–water partition coefficient (Wildman–Crippen LogP) is 5.24. The number of nitrogens with zero attached hydrogens (tertiary/aromatic N) is 2. The number of benzene rings is 2. The van der Waals surface area contributed by atoms with E-state index < -0.39 is 44.9 Å². The lowest BCUT2D eigenvalue weighted by atomic mass is 9.78. The lowest BCUT2D eigenvalue weighted by Gasteiger charge is -2.32. The van der Waals surface area contributed by atoms with Crippen molar-refractivity contribution in [3.63, 3.8) is 0 Å². The summed E-state index contributed by atoms with van der Waals surface area (Å²) in [5, 5.41) is 10.8. The highest BCUT2D eigenvalue weighted by molar-refractivity contribution is 7.91. The van der Waals surface area contributed by atoms with Crippen LogP contribution in [0.5, 0.6) is 5.75 Å². The van der Waals surface area contributed by atoms with Gasteiger partial charge < -0.3 is 9.84 Å². The number of aromatic nitrogens is 2. The summed E-state index contributed by atoms with van der Waals surface area (Å²) in [6.07, 6.45) is -5.78. The summed E-state index contributed by atoms with van der Waals surface area (Å²) in [5.74, 6) is -0.509. The Balaban J connectivity index is 1.80. The van der Waals surface area contributed by atoms with Crippen LogP contribution in [0.25, 0.3) is 16.7 Å². The molecule has 1 saturated heterocycles. The van der Waals surface area contributed by atoms with Crippen LogP contribution in [-0.4, -0.2) is 57.8 Å². The molecule has 3 aromatic rings. The van der Waals surface area contributed by atoms with Crippen LogP contribution in [-0.2, 0) is 9.84 Å². The van der Waals surface area contributed by atoms with Crippen molar-refractivity contribution in [3.05, 3.63) is 58.5 Å². The minimum Gasteiger partial charge on any atom is -0.430 e. The number of imidazole rings is 1. The summed E-state index contributed by atoms with van der Waals surface area (Å²) < 4.78 is 72.2. The number of carbonyl (C=O) groups excluding carboxylic acids is 1. The molecule has 1 aromatic heterocycles. The molecule has 1 aliphatic heterocycles. The smallest absolute Gasteiger partial charge is 0.429 e. The molecule has 0 amide bonds. The van der Waals surface area contributed by atoms with Gasteiger partial charge in [-0.3, -0.25) is 13.9 Å². The Morgan fingerprint density at radius 2 is 1.73 bits per heavy atom. The van der Waals surface area contributed by atoms with Crippen LogP contribution >= 0.6 is 0 Å². The third-order valence-electron chi connectivity index (χ3n) is 8.02. The number of rotatable bonds is 9. The number of hydrogen-bond acceptors (Lipinski definition) is 6. The first-order valence-corrected chi connectivity index (χ1v) is 15.2. The van der Waals surface area contributed by atoms with Gasteiger partial charge in [-0.15, -0.1) is 0 Å². The summed E-state index contributed by atoms with van der Waals surface area (Å²) in [6.45, 7) is 7.29. The maximum Gasteiger partial charge on any atom is 0.429 e. The number of ether oxygens (including phenoxy) is 1. The molecule has 0 bridgehead atoms. The first-order valence-electron chi connectivity index (χ1n) is 13.4. The Hall–Kier alpha value is -3.12. The predicted molar refractivity (Wildman–Crippen MR) is 150 cm³/mol. The zero-order chi connectivity index (χ0) is 30.5. The molecular weight excluding hydrogens is 561 g/mol. The van der Waals surface area contributed by atoms with Crippen molar-refractivity contribution in [1.29, 1.82) is 0 Å². The number of carbonyl (C=O) groups is 1. The third kappa shape index (κ3) is 6.38. The molecule has 8 nitrogen and oxygen atoms in total. The number of alkyl halides is 3. The monoisotopic (exact) mass is 596 g/mol. The molecule has 1 N–H and O–H groups in total. The molecule has 2 aromatic carbocycles. The van der Waals surface area contributed by atoms with E-state index >= 15 is 0 Å². The molecule has 12 heteroatoms. The Bertz CT molecular complexity index is 1620. The SMILES string of the molecule is CC(F)C(F)(F)Oc1cccc(-n2c(=O)n([C@@H](C)C(C)(C)O)c3cc(C(=O)CC4(C)CCS(=O)(=O)CC4)ccc32)c1. The zero-order valence-corrected chi connectivity index (χ0v) is 24.5. The Kier molecular flexibility index (Phi) is 7.98. The van der Waals surface area contributed by atoms with Crippen molar-refractivity contribution >= 4 is 26.7 Å². The molecule has 41 heavy (non-hydrogen) atoms. The lowest BCUT2D eigenvalue weighted by molar-refractivity contribution is -0.215. The quantitative estimate of drug-likeness (QED) is 0.339. The van der Waals surface area contributed by atoms with E-state index in [1.807, 2.05) is 6.92 Å². The average Bonchev–Trinajstić information content (AvgIpc) is 3.15. The third-order valence-corrected chi connectivity index (χ3v) is 9.67. The lowest BCUT2D eigenvalue weighted by Crippen LogP contribution is -2.37. The fraction of sp³-hybridized carbons (Fsp3) is 0.517. The second kappa shape index (κ2) is 10.6. The summed E-state index contributed by atoms with van der Waals surface area (Å²) in [7, 11) is -3.10. The fourth-order valence-corrected chi connectivity index (χ4v) is 6.77. The largest absolute Gasteiger partial charge is 0.430 e. The van der Waals surface area contributed by atoms with Gasteiger partial charge in [0.2, 0.25) is 6.17 Å². The first kappa shape index (κ1) is 30.8. The van der Waals surface area contributed by atoms with Crippen LogP contribution in [0.15, 0.2) is 47.3 Å². The van der Waals surface area contributed by atoms with Gasteiger partial charge in [-0.05, 0) is 76.3 Å². The maximum atomic E-state index is 13.9. The van der Waals surface area contributed by atoms with Crippen LogP contribution in [0.3, 0.4) is 0 Å². The summed E-state index contributed by atoms with van der Waals surface area (Å²) in [4.78, 5) is 27.2. The van der Waals surface area contributed by atoms with E-state index in [9.17, 15) is 36.3 Å². The van der Waals surface area contributed by atoms with Crippen molar-refractivity contribution in [1.82, 2.24) is 9.13 Å². The number of halogens is 3. The van der Waals surface area contributed by atoms with E-state index in [0.717, 1.165) is 0 Å². The van der Waals surface area contributed by atoms with E-state index in [0.29, 0.717) is 36.4 Å². The Morgan fingerprint density at radius 1 is 1.10 bits per heavy atom. The summed E-state index contributed by atoms with van der Waals surface area (Å²) in [5.41, 5.74) is -1.27. The van der Waals surface area contributed by atoms with Gasteiger partial charge in [0.05, 0.1) is 39.9 Å². The van der Waals surface area contributed by atoms with Gasteiger partial charge in [0, 0.05) is 18.1 Å². The van der Waals surface area contributed by atoms with Crippen molar-refractivity contribution in [2.24, 2.45) is 5.41 Å². The number of aliphatic hydroxyl groups is 1. The van der Waals surface area contributed by atoms with Crippen LogP contribution in [0.1, 0.15) is 70.3 Å². The average molecular weight is 597 g/mol. The van der Waals surface area contributed by atoms with E-state index in [-0.39, 0.29) is 35.1 Å². The highest BCUT2D eigenvalue weighted by atomic mass is 32.2. The second-order valence-corrected chi connectivity index (χ2v) is 14.2.